The van der Waals surface area contributed by atoms with Crippen LogP contribution in [0.4, 0.5) is 17.6 Å². The standard InChI is InChI=1S/4C9H14FN2O14P3S/c4*10-9(3-23-28(19,20)26-29(21,22)25-27(16,17)18)6(14)5(13)7(24-9)12-2-1-4(30)11-8(12)15/h4*1-2,5-7,13-14H,3H2,(H,19,20)(H,21,22)(H,11,15,30)(H2,16,17,18)/t4*5-,6+,7-,9-/m1111/s1/i3D2,7D;7D;3D2;. The molecule has 120 heavy (non-hydrogen) atoms. The second-order valence-corrected chi connectivity index (χ2v) is 41.0. The molecule has 4 aliphatic rings. The summed E-state index contributed by atoms with van der Waals surface area (Å²) >= 11 is 18.7. The van der Waals surface area contributed by atoms with Crippen molar-refractivity contribution in [3.8, 4) is 0 Å². The highest BCUT2D eigenvalue weighted by Gasteiger charge is 2.62. The van der Waals surface area contributed by atoms with Crippen LogP contribution in [0.1, 0.15) is 33.1 Å². The van der Waals surface area contributed by atoms with Gasteiger partial charge in [0.05, 0.1) is 8.22 Å². The third-order valence-corrected chi connectivity index (χ3v) is 28.4. The molecule has 0 aromatic carbocycles. The van der Waals surface area contributed by atoms with Gasteiger partial charge < -0.3 is 138 Å². The van der Waals surface area contributed by atoms with Crippen molar-refractivity contribution in [2.75, 3.05) is 26.3 Å². The molecule has 0 amide bonds. The molecule has 24 atom stereocenters. The van der Waals surface area contributed by atoms with Gasteiger partial charge in [0.1, 0.15) is 93.7 Å². The van der Waals surface area contributed by atoms with Crippen molar-refractivity contribution in [2.45, 2.75) is 97.1 Å². The molecule has 4 fully saturated rings. The molecular formula is C36H56F4N8O56P12S4. The fourth-order valence-electron chi connectivity index (χ4n) is 8.16. The first-order chi connectivity index (χ1) is 56.0. The molecule has 0 spiro atoms. The molecule has 688 valence electrons. The molecule has 0 bridgehead atoms. The summed E-state index contributed by atoms with van der Waals surface area (Å²) in [7, 11) is -70.9. The predicted molar refractivity (Wildman–Crippen MR) is 367 cm³/mol. The number of phosphoric ester groups is 4. The molecule has 4 aromatic rings. The van der Waals surface area contributed by atoms with Gasteiger partial charge in [-0.3, -0.25) is 56.3 Å². The van der Waals surface area contributed by atoms with Gasteiger partial charge in [0.15, 0.2) is 24.9 Å². The lowest BCUT2D eigenvalue weighted by atomic mass is 10.1. The van der Waals surface area contributed by atoms with Crippen LogP contribution in [0.25, 0.3) is 0 Å². The molecule has 4 saturated heterocycles. The highest BCUT2D eigenvalue weighted by molar-refractivity contribution is 7.72. The topological polar surface area (TPSA) is 989 Å². The van der Waals surface area contributed by atoms with E-state index in [0.717, 1.165) is 36.8 Å². The highest BCUT2D eigenvalue weighted by atomic mass is 32.1. The van der Waals surface area contributed by atoms with Crippen molar-refractivity contribution in [1.29, 1.82) is 0 Å². The summed E-state index contributed by atoms with van der Waals surface area (Å²) < 4.78 is 303. The zero-order valence-corrected chi connectivity index (χ0v) is 69.9. The van der Waals surface area contributed by atoms with Gasteiger partial charge in [0.25, 0.3) is 23.4 Å². The average Bonchev–Trinajstić information content (AvgIpc) is 1.55. The number of phosphoric acid groups is 12. The first-order valence-corrected chi connectivity index (χ1v) is 48.2. The number of halogens is 4. The summed E-state index contributed by atoms with van der Waals surface area (Å²) in [5.41, 5.74) is -4.50. The Morgan fingerprint density at radius 2 is 0.550 bits per heavy atom. The summed E-state index contributed by atoms with van der Waals surface area (Å²) in [6.07, 6.45) is -27.8. The van der Waals surface area contributed by atoms with Crippen molar-refractivity contribution < 1.29 is 271 Å². The number of aromatic nitrogens is 8. The van der Waals surface area contributed by atoms with E-state index in [1.54, 1.807) is 0 Å². The number of rotatable bonds is 32. The number of nitrogens with one attached hydrogen (secondary N) is 4. The van der Waals surface area contributed by atoms with Crippen LogP contribution in [0, 0.1) is 18.6 Å². The van der Waals surface area contributed by atoms with Crippen molar-refractivity contribution in [2.24, 2.45) is 0 Å². The monoisotopic (exact) mass is 2080 g/mol. The number of aliphatic hydroxyl groups excluding tert-OH is 8. The Kier molecular flexibility index (Phi) is 32.4. The van der Waals surface area contributed by atoms with E-state index in [-0.39, 0.29) is 23.1 Å². The smallest absolute Gasteiger partial charge is 0.385 e. The quantitative estimate of drug-likeness (QED) is 0.0129. The van der Waals surface area contributed by atoms with Gasteiger partial charge in [0.2, 0.25) is 0 Å². The fourth-order valence-corrected chi connectivity index (χ4v) is 20.6. The van der Waals surface area contributed by atoms with E-state index in [9.17, 15) is 143 Å². The molecule has 8 rings (SSSR count). The molecule has 4 aromatic heterocycles. The predicted octanol–water partition coefficient (Wildman–Crippen LogP) is -3.34. The first-order valence-electron chi connectivity index (χ1n) is 31.5. The summed E-state index contributed by atoms with van der Waals surface area (Å²) in [6, 6.07) is 4.27. The molecule has 28 N–H and O–H groups in total. The molecule has 8 unspecified atom stereocenters. The lowest BCUT2D eigenvalue weighted by molar-refractivity contribution is -0.205. The first kappa shape index (κ1) is 97.9. The molecular weight excluding hydrogens is 2020 g/mol. The van der Waals surface area contributed by atoms with E-state index in [0.29, 0.717) is 19.9 Å². The van der Waals surface area contributed by atoms with Gasteiger partial charge >= 0.3 is 117 Å². The zero-order chi connectivity index (χ0) is 97.9. The number of H-pyrrole nitrogens is 4. The number of hydrogen-bond acceptors (Lipinski definition) is 44. The summed E-state index contributed by atoms with van der Waals surface area (Å²) in [4.78, 5) is 197. The minimum absolute atomic E-state index is 0.0107. The van der Waals surface area contributed by atoms with Crippen molar-refractivity contribution >= 4 is 143 Å². The van der Waals surface area contributed by atoms with E-state index in [1.807, 2.05) is 9.97 Å². The summed E-state index contributed by atoms with van der Waals surface area (Å²) in [6.45, 7) is -12.2. The number of aromatic amines is 4. The second-order valence-electron chi connectivity index (χ2n) is 21.7. The van der Waals surface area contributed by atoms with Gasteiger partial charge in [-0.05, 0) is 24.3 Å². The van der Waals surface area contributed by atoms with Gasteiger partial charge in [-0.15, -0.1) is 0 Å². The normalized spacial score (nSPS) is 33.4. The number of nitrogens with zero attached hydrogens (tertiary/aromatic N) is 4. The Labute approximate surface area is 682 Å². The molecule has 4 aliphatic heterocycles. The maximum absolute atomic E-state index is 15.4. The van der Waals surface area contributed by atoms with Gasteiger partial charge in [0, 0.05) is 24.8 Å². The number of aliphatic hydroxyl groups is 8. The SMILES string of the molecule is O=c1[nH]c(=S)ccn1[C@@H]1O[C@](F)(COP(=O)(O)OP(=O)(O)OP(=O)(O)O)[C@@H](O)[C@H]1O.[2H]C([2H])(OP(=O)(O)OP(=O)(O)OP(=O)(O)O)[C@@]1(F)O[C@@H](n2ccc(=S)[nH]c2=O)[C@H](O)[C@@H]1O.[2H]C([2H])(OP(=O)(O)OP(=O)(O)OP(=O)(O)O)[C@@]1(F)O[C@@]([2H])(n2ccc(=S)[nH]c2=O)[C@H](O)[C@@H]1O.[2H][C@@]1(n2ccc(=S)[nH]c2=O)O[C@](F)(COP(=O)(O)OP(=O)(O)OP(=O)(O)O)[C@@H](O)[C@H]1O. The van der Waals surface area contributed by atoms with Crippen LogP contribution >= 0.6 is 143 Å². The second kappa shape index (κ2) is 39.7. The van der Waals surface area contributed by atoms with Crippen molar-refractivity contribution in [1.82, 2.24) is 38.2 Å². The van der Waals surface area contributed by atoms with E-state index in [1.165, 1.54) is 6.07 Å². The Morgan fingerprint density at radius 3 is 0.817 bits per heavy atom. The Balaban J connectivity index is 0.000000298. The maximum Gasteiger partial charge on any atom is 0.490 e. The molecule has 0 radical (unpaired) electrons. The Bertz CT molecular complexity index is 5890. The third kappa shape index (κ3) is 31.9. The molecule has 84 heteroatoms. The van der Waals surface area contributed by atoms with Crippen LogP contribution in [0.3, 0.4) is 0 Å². The Hall–Kier alpha value is -2.72. The van der Waals surface area contributed by atoms with Crippen LogP contribution in [0.2, 0.25) is 0 Å². The van der Waals surface area contributed by atoms with Crippen LogP contribution < -0.4 is 22.8 Å². The van der Waals surface area contributed by atoms with Gasteiger partial charge in [-0.2, -0.15) is 34.5 Å². The Morgan fingerprint density at radius 1 is 0.342 bits per heavy atom. The lowest BCUT2D eigenvalue weighted by Gasteiger charge is -2.24. The molecule has 0 saturated carbocycles. The number of ether oxygens (including phenoxy) is 4. The van der Waals surface area contributed by atoms with Gasteiger partial charge in [-0.25, -0.2) is 91.5 Å². The molecule has 64 nitrogen and oxygen atoms in total. The van der Waals surface area contributed by atoms with Gasteiger partial charge in [-0.1, -0.05) is 48.9 Å². The van der Waals surface area contributed by atoms with E-state index < -0.39 is 240 Å². The maximum atomic E-state index is 15.4. The van der Waals surface area contributed by atoms with Crippen molar-refractivity contribution in [3.05, 3.63) is 110 Å². The lowest BCUT2D eigenvalue weighted by Crippen LogP contribution is -2.43. The third-order valence-electron chi connectivity index (χ3n) is 12.6. The minimum atomic E-state index is -6.31. The van der Waals surface area contributed by atoms with Crippen LogP contribution in [0.15, 0.2) is 68.2 Å². The fraction of sp³-hybridized carbons (Fsp3) is 0.556. The summed E-state index contributed by atoms with van der Waals surface area (Å²) in [5, 5.41) is 79.8. The highest BCUT2D eigenvalue weighted by Crippen LogP contribution is 2.70. The van der Waals surface area contributed by atoms with E-state index >= 15 is 8.78 Å². The van der Waals surface area contributed by atoms with Crippen LogP contribution in [0.5, 0.6) is 0 Å². The average molecular weight is 2080 g/mol. The number of alkyl halides is 4. The number of hydrogen-bond donors (Lipinski definition) is 28. The van der Waals surface area contributed by atoms with E-state index in [4.69, 9.17) is 83.9 Å². The van der Waals surface area contributed by atoms with Crippen LogP contribution in [-0.4, -0.2) is 256 Å². The summed E-state index contributed by atoms with van der Waals surface area (Å²) in [5.74, 6) is -15.8. The van der Waals surface area contributed by atoms with E-state index in [2.05, 4.69) is 113 Å². The molecule has 8 heterocycles. The molecule has 0 aliphatic carbocycles. The van der Waals surface area contributed by atoms with Crippen LogP contribution in [-0.2, 0) is 126 Å². The zero-order valence-electron chi connectivity index (χ0n) is 61.9. The largest absolute Gasteiger partial charge is 0.490 e. The van der Waals surface area contributed by atoms with Crippen molar-refractivity contribution in [3.63, 3.8) is 0 Å². The minimum Gasteiger partial charge on any atom is -0.385 e.